The van der Waals surface area contributed by atoms with E-state index in [9.17, 15) is 4.79 Å². The highest BCUT2D eigenvalue weighted by molar-refractivity contribution is 5.94. The van der Waals surface area contributed by atoms with Crippen molar-refractivity contribution < 1.29 is 19.4 Å². The van der Waals surface area contributed by atoms with Gasteiger partial charge in [-0.3, -0.25) is 0 Å². The molecule has 0 amide bonds. The maximum Gasteiger partial charge on any atom is 0.337 e. The summed E-state index contributed by atoms with van der Waals surface area (Å²) in [5.74, 6) is -0.336. The van der Waals surface area contributed by atoms with Gasteiger partial charge in [-0.15, -0.1) is 0 Å². The first kappa shape index (κ1) is 16.2. The third-order valence-electron chi connectivity index (χ3n) is 2.59. The number of rotatable bonds is 3. The summed E-state index contributed by atoms with van der Waals surface area (Å²) in [5.41, 5.74) is 11.8. The molecule has 0 aliphatic rings. The van der Waals surface area contributed by atoms with E-state index in [0.717, 1.165) is 5.69 Å². The molecule has 0 radical (unpaired) electrons. The van der Waals surface area contributed by atoms with Gasteiger partial charge < -0.3 is 26.0 Å². The van der Waals surface area contributed by atoms with E-state index in [0.29, 0.717) is 11.5 Å². The predicted molar refractivity (Wildman–Crippen MR) is 81.8 cm³/mol. The molecule has 0 aromatic heterocycles. The maximum absolute atomic E-state index is 10.7. The molecule has 21 heavy (non-hydrogen) atoms. The van der Waals surface area contributed by atoms with Crippen LogP contribution in [0.25, 0.3) is 0 Å². The fourth-order valence-corrected chi connectivity index (χ4v) is 1.53. The number of carboxylic acid groups (broad SMARTS) is 1. The van der Waals surface area contributed by atoms with Gasteiger partial charge >= 0.3 is 5.97 Å². The summed E-state index contributed by atoms with van der Waals surface area (Å²) in [5, 5.41) is 8.77. The van der Waals surface area contributed by atoms with E-state index in [2.05, 4.69) is 0 Å². The summed E-state index contributed by atoms with van der Waals surface area (Å²) in [6, 6.07) is 12.2. The van der Waals surface area contributed by atoms with Gasteiger partial charge in [0.2, 0.25) is 0 Å². The summed E-state index contributed by atoms with van der Waals surface area (Å²) in [6.45, 7) is 0. The third kappa shape index (κ3) is 4.61. The number of aromatic carboxylic acids is 1. The molecular weight excluding hydrogens is 272 g/mol. The van der Waals surface area contributed by atoms with Crippen molar-refractivity contribution in [2.24, 2.45) is 0 Å². The zero-order chi connectivity index (χ0) is 15.8. The van der Waals surface area contributed by atoms with Crippen molar-refractivity contribution in [1.82, 2.24) is 0 Å². The van der Waals surface area contributed by atoms with Crippen LogP contribution in [-0.4, -0.2) is 25.3 Å². The van der Waals surface area contributed by atoms with Gasteiger partial charge in [-0.25, -0.2) is 4.79 Å². The molecule has 5 N–H and O–H groups in total. The molecule has 112 valence electrons. The molecule has 2 aromatic carbocycles. The third-order valence-corrected chi connectivity index (χ3v) is 2.59. The number of methoxy groups -OCH3 is 2. The average Bonchev–Trinajstić information content (AvgIpc) is 2.48. The van der Waals surface area contributed by atoms with Crippen molar-refractivity contribution in [3.8, 4) is 11.5 Å². The number of benzene rings is 2. The second-order valence-corrected chi connectivity index (χ2v) is 4.01. The molecule has 0 aliphatic heterocycles. The van der Waals surface area contributed by atoms with E-state index >= 15 is 0 Å². The highest BCUT2D eigenvalue weighted by Gasteiger charge is 2.13. The van der Waals surface area contributed by atoms with Crippen LogP contribution in [0.3, 0.4) is 0 Å². The minimum absolute atomic E-state index is 0.00245. The smallest absolute Gasteiger partial charge is 0.337 e. The number of nitrogen functional groups attached to an aromatic ring is 2. The lowest BCUT2D eigenvalue weighted by Crippen LogP contribution is -2.04. The number of hydrogen-bond donors (Lipinski definition) is 3. The molecule has 0 fully saturated rings. The van der Waals surface area contributed by atoms with Crippen LogP contribution in [0.2, 0.25) is 0 Å². The minimum atomic E-state index is -1.09. The molecule has 0 heterocycles. The Morgan fingerprint density at radius 3 is 1.90 bits per heavy atom. The molecule has 0 unspecified atom stereocenters. The Balaban J connectivity index is 0.000000262. The standard InChI is InChI=1S/C9H11NO4.C6H7N/c1-13-7-3-5(9(11)12)6(10)4-8(7)14-2;7-6-4-2-1-3-5-6/h3-4H,10H2,1-2H3,(H,11,12);1-5H,7H2. The van der Waals surface area contributed by atoms with Gasteiger partial charge in [0.05, 0.1) is 25.5 Å². The van der Waals surface area contributed by atoms with Gasteiger partial charge in [-0.2, -0.15) is 0 Å². The Morgan fingerprint density at radius 2 is 1.52 bits per heavy atom. The monoisotopic (exact) mass is 290 g/mol. The Hall–Kier alpha value is -2.89. The molecule has 6 nitrogen and oxygen atoms in total. The first-order valence-electron chi connectivity index (χ1n) is 6.05. The fourth-order valence-electron chi connectivity index (χ4n) is 1.53. The van der Waals surface area contributed by atoms with Crippen LogP contribution >= 0.6 is 0 Å². The van der Waals surface area contributed by atoms with Crippen LogP contribution in [0, 0.1) is 0 Å². The SMILES string of the molecule is COc1cc(N)c(C(=O)O)cc1OC.Nc1ccccc1. The maximum atomic E-state index is 10.7. The van der Waals surface area contributed by atoms with Gasteiger partial charge in [0, 0.05) is 17.8 Å². The summed E-state index contributed by atoms with van der Waals surface area (Å²) < 4.78 is 9.89. The van der Waals surface area contributed by atoms with E-state index in [4.69, 9.17) is 26.0 Å². The lowest BCUT2D eigenvalue weighted by molar-refractivity contribution is 0.0697. The lowest BCUT2D eigenvalue weighted by atomic mass is 10.1. The normalized spacial score (nSPS) is 9.24. The lowest BCUT2D eigenvalue weighted by Gasteiger charge is -2.09. The van der Waals surface area contributed by atoms with Crippen molar-refractivity contribution in [1.29, 1.82) is 0 Å². The molecular formula is C15H18N2O4. The van der Waals surface area contributed by atoms with Crippen LogP contribution in [0.5, 0.6) is 11.5 Å². The molecule has 0 saturated heterocycles. The van der Waals surface area contributed by atoms with E-state index in [1.807, 2.05) is 30.3 Å². The number of anilines is 2. The molecule has 0 spiro atoms. The van der Waals surface area contributed by atoms with Gasteiger partial charge in [-0.1, -0.05) is 18.2 Å². The van der Waals surface area contributed by atoms with E-state index < -0.39 is 5.97 Å². The first-order valence-corrected chi connectivity index (χ1v) is 6.05. The Morgan fingerprint density at radius 1 is 1.00 bits per heavy atom. The summed E-state index contributed by atoms with van der Waals surface area (Å²) >= 11 is 0. The zero-order valence-corrected chi connectivity index (χ0v) is 11.9. The first-order chi connectivity index (χ1) is 9.99. The number of nitrogens with two attached hydrogens (primary N) is 2. The van der Waals surface area contributed by atoms with Crippen molar-refractivity contribution in [3.63, 3.8) is 0 Å². The average molecular weight is 290 g/mol. The molecule has 0 bridgehead atoms. The van der Waals surface area contributed by atoms with Crippen LogP contribution in [0.4, 0.5) is 11.4 Å². The zero-order valence-electron chi connectivity index (χ0n) is 11.9. The quantitative estimate of drug-likeness (QED) is 0.748. The highest BCUT2D eigenvalue weighted by Crippen LogP contribution is 2.31. The molecule has 6 heteroatoms. The van der Waals surface area contributed by atoms with Gasteiger partial charge in [0.1, 0.15) is 0 Å². The van der Waals surface area contributed by atoms with Gasteiger partial charge in [-0.05, 0) is 12.1 Å². The van der Waals surface area contributed by atoms with E-state index in [1.165, 1.54) is 26.4 Å². The molecule has 2 rings (SSSR count). The number of carbonyl (C=O) groups is 1. The predicted octanol–water partition coefficient (Wildman–Crippen LogP) is 2.25. The molecule has 2 aromatic rings. The summed E-state index contributed by atoms with van der Waals surface area (Å²) in [6.07, 6.45) is 0. The number of para-hydroxylation sites is 1. The second-order valence-electron chi connectivity index (χ2n) is 4.01. The fraction of sp³-hybridized carbons (Fsp3) is 0.133. The molecule has 0 saturated carbocycles. The van der Waals surface area contributed by atoms with Gasteiger partial charge in [0.25, 0.3) is 0 Å². The number of ether oxygens (including phenoxy) is 2. The Kier molecular flexibility index (Phi) is 5.88. The van der Waals surface area contributed by atoms with Crippen molar-refractivity contribution in [2.45, 2.75) is 0 Å². The van der Waals surface area contributed by atoms with E-state index in [1.54, 1.807) is 0 Å². The second kappa shape index (κ2) is 7.64. The topological polar surface area (TPSA) is 108 Å². The summed E-state index contributed by atoms with van der Waals surface area (Å²) in [4.78, 5) is 10.7. The molecule has 0 aliphatic carbocycles. The molecule has 0 atom stereocenters. The minimum Gasteiger partial charge on any atom is -0.493 e. The van der Waals surface area contributed by atoms with Crippen LogP contribution in [0.15, 0.2) is 42.5 Å². The van der Waals surface area contributed by atoms with Crippen LogP contribution in [0.1, 0.15) is 10.4 Å². The Labute approximate surface area is 122 Å². The Bertz CT molecular complexity index is 600. The van der Waals surface area contributed by atoms with Crippen LogP contribution < -0.4 is 20.9 Å². The van der Waals surface area contributed by atoms with Crippen molar-refractivity contribution in [3.05, 3.63) is 48.0 Å². The highest BCUT2D eigenvalue weighted by atomic mass is 16.5. The summed E-state index contributed by atoms with van der Waals surface area (Å²) in [7, 11) is 2.89. The van der Waals surface area contributed by atoms with Crippen LogP contribution in [-0.2, 0) is 0 Å². The number of carboxylic acids is 1. The van der Waals surface area contributed by atoms with Gasteiger partial charge in [0.15, 0.2) is 11.5 Å². The van der Waals surface area contributed by atoms with Crippen molar-refractivity contribution in [2.75, 3.05) is 25.7 Å². The largest absolute Gasteiger partial charge is 0.493 e. The number of hydrogen-bond acceptors (Lipinski definition) is 5. The van der Waals surface area contributed by atoms with Crippen molar-refractivity contribution >= 4 is 17.3 Å². The van der Waals surface area contributed by atoms with E-state index in [-0.39, 0.29) is 11.3 Å².